The van der Waals surface area contributed by atoms with Gasteiger partial charge in [-0.25, -0.2) is 0 Å². The molecule has 0 fully saturated rings. The second kappa shape index (κ2) is 5.36. The first-order valence-corrected chi connectivity index (χ1v) is 4.16. The number of rotatable bonds is 4. The van der Waals surface area contributed by atoms with Crippen molar-refractivity contribution in [3.8, 4) is 0 Å². The van der Waals surface area contributed by atoms with Crippen molar-refractivity contribution in [2.45, 2.75) is 32.8 Å². The second-order valence-electron chi connectivity index (χ2n) is 3.65. The van der Waals surface area contributed by atoms with Crippen molar-refractivity contribution in [3.05, 3.63) is 0 Å². The summed E-state index contributed by atoms with van der Waals surface area (Å²) < 4.78 is 4.93. The number of nitrogens with zero attached hydrogens (tertiary/aromatic N) is 1. The third kappa shape index (κ3) is 7.27. The zero-order chi connectivity index (χ0) is 11.2. The second-order valence-corrected chi connectivity index (χ2v) is 3.65. The number of esters is 1. The minimum atomic E-state index is -0.574. The molecule has 0 radical (unpaired) electrons. The quantitative estimate of drug-likeness (QED) is 0.293. The lowest BCUT2D eigenvalue weighted by Crippen LogP contribution is -2.25. The Bertz CT molecular complexity index is 240. The van der Waals surface area contributed by atoms with E-state index in [1.165, 1.54) is 7.11 Å². The molecule has 80 valence electrons. The summed E-state index contributed by atoms with van der Waals surface area (Å²) >= 11 is 0. The number of oxime groups is 1. The van der Waals surface area contributed by atoms with Gasteiger partial charge in [0.15, 0.2) is 5.78 Å². The van der Waals surface area contributed by atoms with E-state index in [2.05, 4.69) is 9.99 Å². The van der Waals surface area contributed by atoms with E-state index < -0.39 is 17.4 Å². The molecule has 0 saturated heterocycles. The molecule has 0 rings (SSSR count). The van der Waals surface area contributed by atoms with Gasteiger partial charge in [0.05, 0.1) is 0 Å². The summed E-state index contributed by atoms with van der Waals surface area (Å²) in [5.41, 5.74) is -0.574. The first-order valence-electron chi connectivity index (χ1n) is 4.16. The fourth-order valence-corrected chi connectivity index (χ4v) is 0.677. The highest BCUT2D eigenvalue weighted by atomic mass is 16.6. The molecule has 5 heteroatoms. The summed E-state index contributed by atoms with van der Waals surface area (Å²) in [6.07, 6.45) is 0.633. The van der Waals surface area contributed by atoms with Crippen LogP contribution in [-0.4, -0.2) is 30.7 Å². The lowest BCUT2D eigenvalue weighted by Gasteiger charge is -2.18. The van der Waals surface area contributed by atoms with Gasteiger partial charge in [-0.2, -0.15) is 0 Å². The average molecular weight is 201 g/mol. The van der Waals surface area contributed by atoms with Gasteiger partial charge in [-0.1, -0.05) is 5.16 Å². The molecule has 0 aromatic rings. The molecule has 0 aliphatic rings. The Morgan fingerprint density at radius 3 is 2.36 bits per heavy atom. The summed E-state index contributed by atoms with van der Waals surface area (Å²) in [5, 5.41) is 3.24. The minimum Gasteiger partial charge on any atom is -0.460 e. The number of ether oxygens (including phenoxy) is 1. The largest absolute Gasteiger partial charge is 0.460 e. The Kier molecular flexibility index (Phi) is 4.83. The zero-order valence-corrected chi connectivity index (χ0v) is 8.86. The van der Waals surface area contributed by atoms with Crippen molar-refractivity contribution in [3.63, 3.8) is 0 Å². The summed E-state index contributed by atoms with van der Waals surface area (Å²) in [6.45, 7) is 5.20. The van der Waals surface area contributed by atoms with Crippen molar-refractivity contribution < 1.29 is 19.2 Å². The highest BCUT2D eigenvalue weighted by Gasteiger charge is 2.17. The van der Waals surface area contributed by atoms with Gasteiger partial charge in [-0.05, 0) is 20.8 Å². The summed E-state index contributed by atoms with van der Waals surface area (Å²) in [7, 11) is 1.32. The summed E-state index contributed by atoms with van der Waals surface area (Å²) in [4.78, 5) is 26.3. The molecule has 0 N–H and O–H groups in total. The Balaban J connectivity index is 3.95. The van der Waals surface area contributed by atoms with E-state index >= 15 is 0 Å². The van der Waals surface area contributed by atoms with Gasteiger partial charge in [0.1, 0.15) is 25.3 Å². The van der Waals surface area contributed by atoms with Gasteiger partial charge in [0, 0.05) is 0 Å². The van der Waals surface area contributed by atoms with Crippen molar-refractivity contribution >= 4 is 18.0 Å². The number of hydrogen-bond acceptors (Lipinski definition) is 5. The Morgan fingerprint density at radius 1 is 1.36 bits per heavy atom. The number of carbonyl (C=O) groups excluding carboxylic acids is 2. The average Bonchev–Trinajstić information content (AvgIpc) is 1.96. The van der Waals surface area contributed by atoms with E-state index in [9.17, 15) is 9.59 Å². The third-order valence-electron chi connectivity index (χ3n) is 1.04. The van der Waals surface area contributed by atoms with E-state index in [1.807, 2.05) is 0 Å². The Morgan fingerprint density at radius 2 is 1.93 bits per heavy atom. The molecule has 0 aromatic heterocycles. The maximum atomic E-state index is 11.1. The standard InChI is InChI=1S/C9H15NO4/c1-9(2,3)14-8(12)5-7(11)6-10-13-4/h6H,5H2,1-4H3. The van der Waals surface area contributed by atoms with Crippen LogP contribution in [0.5, 0.6) is 0 Å². The zero-order valence-electron chi connectivity index (χ0n) is 8.86. The van der Waals surface area contributed by atoms with Crippen LogP contribution in [0.3, 0.4) is 0 Å². The highest BCUT2D eigenvalue weighted by molar-refractivity contribution is 6.31. The Labute approximate surface area is 83.1 Å². The predicted octanol–water partition coefficient (Wildman–Crippen LogP) is 0.920. The molecular weight excluding hydrogens is 186 g/mol. The van der Waals surface area contributed by atoms with Crippen LogP contribution in [0.1, 0.15) is 27.2 Å². The SMILES string of the molecule is CON=CC(=O)CC(=O)OC(C)(C)C. The molecule has 0 aliphatic carbocycles. The molecule has 0 heterocycles. The Hall–Kier alpha value is -1.39. The van der Waals surface area contributed by atoms with E-state index in [0.717, 1.165) is 6.21 Å². The predicted molar refractivity (Wildman–Crippen MR) is 51.0 cm³/mol. The van der Waals surface area contributed by atoms with Gasteiger partial charge in [-0.3, -0.25) is 9.59 Å². The maximum absolute atomic E-state index is 11.1. The molecule has 0 unspecified atom stereocenters. The van der Waals surface area contributed by atoms with Crippen molar-refractivity contribution in [2.24, 2.45) is 5.16 Å². The molecular formula is C9H15NO4. The van der Waals surface area contributed by atoms with Crippen LogP contribution in [0, 0.1) is 0 Å². The van der Waals surface area contributed by atoms with Crippen LogP contribution < -0.4 is 0 Å². The van der Waals surface area contributed by atoms with E-state index in [0.29, 0.717) is 0 Å². The highest BCUT2D eigenvalue weighted by Crippen LogP contribution is 2.07. The van der Waals surface area contributed by atoms with Gasteiger partial charge >= 0.3 is 5.97 Å². The van der Waals surface area contributed by atoms with Crippen LogP contribution in [0.25, 0.3) is 0 Å². The van der Waals surface area contributed by atoms with E-state index in [-0.39, 0.29) is 6.42 Å². The van der Waals surface area contributed by atoms with Crippen LogP contribution in [0.2, 0.25) is 0 Å². The number of Topliss-reactive ketones (excluding diaryl/α,β-unsaturated/α-hetero) is 1. The van der Waals surface area contributed by atoms with Crippen LogP contribution in [0.4, 0.5) is 0 Å². The lowest BCUT2D eigenvalue weighted by atomic mass is 10.2. The molecule has 14 heavy (non-hydrogen) atoms. The normalized spacial score (nSPS) is 11.4. The molecule has 5 nitrogen and oxygen atoms in total. The number of ketones is 1. The smallest absolute Gasteiger partial charge is 0.314 e. The molecule has 0 spiro atoms. The van der Waals surface area contributed by atoms with Gasteiger partial charge in [0.2, 0.25) is 0 Å². The van der Waals surface area contributed by atoms with Crippen molar-refractivity contribution in [1.82, 2.24) is 0 Å². The fraction of sp³-hybridized carbons (Fsp3) is 0.667. The first kappa shape index (κ1) is 12.6. The first-order chi connectivity index (χ1) is 6.35. The summed E-state index contributed by atoms with van der Waals surface area (Å²) in [6, 6.07) is 0. The van der Waals surface area contributed by atoms with Gasteiger partial charge in [-0.15, -0.1) is 0 Å². The summed E-state index contributed by atoms with van der Waals surface area (Å²) in [5.74, 6) is -1.01. The van der Waals surface area contributed by atoms with Crippen molar-refractivity contribution in [2.75, 3.05) is 7.11 Å². The minimum absolute atomic E-state index is 0.315. The van der Waals surface area contributed by atoms with Gasteiger partial charge < -0.3 is 9.57 Å². The van der Waals surface area contributed by atoms with Crippen LogP contribution in [-0.2, 0) is 19.2 Å². The number of hydrogen-bond donors (Lipinski definition) is 0. The molecule has 0 aliphatic heterocycles. The molecule has 0 bridgehead atoms. The molecule has 0 atom stereocenters. The third-order valence-corrected chi connectivity index (χ3v) is 1.04. The topological polar surface area (TPSA) is 65.0 Å². The van der Waals surface area contributed by atoms with Crippen molar-refractivity contribution in [1.29, 1.82) is 0 Å². The molecule has 0 amide bonds. The molecule has 0 aromatic carbocycles. The molecule has 0 saturated carbocycles. The van der Waals surface area contributed by atoms with Crippen LogP contribution >= 0.6 is 0 Å². The maximum Gasteiger partial charge on any atom is 0.314 e. The lowest BCUT2D eigenvalue weighted by molar-refractivity contribution is -0.155. The monoisotopic (exact) mass is 201 g/mol. The number of carbonyl (C=O) groups is 2. The van der Waals surface area contributed by atoms with Crippen LogP contribution in [0.15, 0.2) is 5.16 Å². The van der Waals surface area contributed by atoms with Gasteiger partial charge in [0.25, 0.3) is 0 Å². The van der Waals surface area contributed by atoms with E-state index in [4.69, 9.17) is 4.74 Å². The fourth-order valence-electron chi connectivity index (χ4n) is 0.677. The van der Waals surface area contributed by atoms with E-state index in [1.54, 1.807) is 20.8 Å².